The number of ether oxygens (including phenoxy) is 1. The van der Waals surface area contributed by atoms with Crippen molar-refractivity contribution in [1.82, 2.24) is 4.31 Å². The number of hydrogen-bond donors (Lipinski definition) is 0. The highest BCUT2D eigenvalue weighted by molar-refractivity contribution is 7.88. The summed E-state index contributed by atoms with van der Waals surface area (Å²) in [6.07, 6.45) is 1.15. The maximum atomic E-state index is 11.2. The standard InChI is InChI=1S/C11H23NO3S/c1-9(8-12(6)16(7,13)14)15-10(2)11(3,4)5/h10H,1,8H2,2-7H3/t10-/m0/s1. The van der Waals surface area contributed by atoms with Gasteiger partial charge in [0, 0.05) is 7.05 Å². The van der Waals surface area contributed by atoms with Crippen LogP contribution >= 0.6 is 0 Å². The summed E-state index contributed by atoms with van der Waals surface area (Å²) in [4.78, 5) is 0. The van der Waals surface area contributed by atoms with Gasteiger partial charge in [-0.15, -0.1) is 0 Å². The Bertz CT molecular complexity index is 341. The van der Waals surface area contributed by atoms with Gasteiger partial charge in [-0.1, -0.05) is 27.4 Å². The zero-order valence-electron chi connectivity index (χ0n) is 11.1. The molecule has 96 valence electrons. The normalized spacial score (nSPS) is 14.9. The van der Waals surface area contributed by atoms with E-state index in [4.69, 9.17) is 4.74 Å². The summed E-state index contributed by atoms with van der Waals surface area (Å²) < 4.78 is 29.2. The Balaban J connectivity index is 4.32. The maximum absolute atomic E-state index is 11.2. The SMILES string of the molecule is C=C(CN(C)S(C)(=O)=O)O[C@@H](C)C(C)(C)C. The summed E-state index contributed by atoms with van der Waals surface area (Å²) >= 11 is 0. The van der Waals surface area contributed by atoms with Gasteiger partial charge in [-0.3, -0.25) is 0 Å². The molecule has 0 radical (unpaired) electrons. The van der Waals surface area contributed by atoms with Crippen molar-refractivity contribution in [3.63, 3.8) is 0 Å². The molecule has 0 aliphatic heterocycles. The van der Waals surface area contributed by atoms with Crippen LogP contribution < -0.4 is 0 Å². The number of nitrogens with zero attached hydrogens (tertiary/aromatic N) is 1. The van der Waals surface area contributed by atoms with Gasteiger partial charge in [-0.25, -0.2) is 8.42 Å². The Labute approximate surface area is 99.3 Å². The molecule has 0 unspecified atom stereocenters. The molecule has 0 N–H and O–H groups in total. The van der Waals surface area contributed by atoms with Crippen molar-refractivity contribution in [2.45, 2.75) is 33.8 Å². The van der Waals surface area contributed by atoms with E-state index >= 15 is 0 Å². The maximum Gasteiger partial charge on any atom is 0.211 e. The average Bonchev–Trinajstić information content (AvgIpc) is 1.99. The minimum absolute atomic E-state index is 0.00652. The van der Waals surface area contributed by atoms with Crippen molar-refractivity contribution >= 4 is 10.0 Å². The van der Waals surface area contributed by atoms with Crippen LogP contribution in [0.3, 0.4) is 0 Å². The molecule has 0 aromatic heterocycles. The molecule has 0 fully saturated rings. The Morgan fingerprint density at radius 1 is 1.44 bits per heavy atom. The van der Waals surface area contributed by atoms with Gasteiger partial charge in [0.15, 0.2) is 0 Å². The van der Waals surface area contributed by atoms with Crippen LogP contribution in [0.15, 0.2) is 12.3 Å². The fraction of sp³-hybridized carbons (Fsp3) is 0.818. The van der Waals surface area contributed by atoms with Crippen LogP contribution in [0.25, 0.3) is 0 Å². The molecular formula is C11H23NO3S. The Morgan fingerprint density at radius 3 is 2.19 bits per heavy atom. The van der Waals surface area contributed by atoms with Crippen LogP contribution in [0.1, 0.15) is 27.7 Å². The largest absolute Gasteiger partial charge is 0.494 e. The van der Waals surface area contributed by atoms with Crippen molar-refractivity contribution in [1.29, 1.82) is 0 Å². The van der Waals surface area contributed by atoms with Gasteiger partial charge in [-0.2, -0.15) is 4.31 Å². The lowest BCUT2D eigenvalue weighted by atomic mass is 9.90. The predicted molar refractivity (Wildman–Crippen MR) is 66.6 cm³/mol. The van der Waals surface area contributed by atoms with E-state index in [9.17, 15) is 8.42 Å². The minimum Gasteiger partial charge on any atom is -0.494 e. The third-order valence-corrected chi connectivity index (χ3v) is 3.79. The smallest absolute Gasteiger partial charge is 0.211 e. The van der Waals surface area contributed by atoms with Gasteiger partial charge < -0.3 is 4.74 Å². The van der Waals surface area contributed by atoms with E-state index in [0.29, 0.717) is 5.76 Å². The van der Waals surface area contributed by atoms with Crippen molar-refractivity contribution in [2.75, 3.05) is 19.8 Å². The number of sulfonamides is 1. The molecule has 0 saturated heterocycles. The quantitative estimate of drug-likeness (QED) is 0.699. The van der Waals surface area contributed by atoms with Crippen LogP contribution in [0.5, 0.6) is 0 Å². The lowest BCUT2D eigenvalue weighted by Crippen LogP contribution is -2.31. The molecule has 4 nitrogen and oxygen atoms in total. The fourth-order valence-corrected chi connectivity index (χ4v) is 1.21. The van der Waals surface area contributed by atoms with Crippen LogP contribution in [0.2, 0.25) is 0 Å². The van der Waals surface area contributed by atoms with E-state index in [1.165, 1.54) is 11.4 Å². The first kappa shape index (κ1) is 15.4. The molecule has 0 amide bonds. The Kier molecular flexibility index (Phi) is 5.01. The number of hydrogen-bond acceptors (Lipinski definition) is 3. The number of likely N-dealkylation sites (N-methyl/N-ethyl adjacent to an activating group) is 1. The summed E-state index contributed by atoms with van der Waals surface area (Å²) in [5.74, 6) is 0.468. The first-order valence-electron chi connectivity index (χ1n) is 5.20. The van der Waals surface area contributed by atoms with E-state index in [1.54, 1.807) is 0 Å². The lowest BCUT2D eigenvalue weighted by Gasteiger charge is -2.29. The summed E-state index contributed by atoms with van der Waals surface area (Å²) in [5, 5.41) is 0. The molecule has 0 bridgehead atoms. The number of rotatable bonds is 5. The van der Waals surface area contributed by atoms with Crippen molar-refractivity contribution in [3.8, 4) is 0 Å². The molecule has 0 aromatic rings. The molecule has 0 aliphatic carbocycles. The topological polar surface area (TPSA) is 46.6 Å². The third-order valence-electron chi connectivity index (χ3n) is 2.53. The monoisotopic (exact) mass is 249 g/mol. The molecule has 16 heavy (non-hydrogen) atoms. The van der Waals surface area contributed by atoms with E-state index < -0.39 is 10.0 Å². The molecule has 0 aromatic carbocycles. The zero-order chi connectivity index (χ0) is 13.1. The molecular weight excluding hydrogens is 226 g/mol. The predicted octanol–water partition coefficient (Wildman–Crippen LogP) is 1.84. The van der Waals surface area contributed by atoms with Crippen LogP contribution in [-0.2, 0) is 14.8 Å². The van der Waals surface area contributed by atoms with E-state index in [0.717, 1.165) is 6.26 Å². The minimum atomic E-state index is -3.18. The highest BCUT2D eigenvalue weighted by Crippen LogP contribution is 2.23. The molecule has 0 heterocycles. The molecule has 5 heteroatoms. The van der Waals surface area contributed by atoms with E-state index in [-0.39, 0.29) is 18.1 Å². The first-order chi connectivity index (χ1) is 6.94. The van der Waals surface area contributed by atoms with Gasteiger partial charge in [0.2, 0.25) is 10.0 Å². The molecule has 0 aliphatic rings. The second kappa shape index (κ2) is 5.19. The zero-order valence-corrected chi connectivity index (χ0v) is 11.9. The summed E-state index contributed by atoms with van der Waals surface area (Å²) in [5.41, 5.74) is 0.00655. The van der Waals surface area contributed by atoms with Crippen LogP contribution in [0, 0.1) is 5.41 Å². The highest BCUT2D eigenvalue weighted by Gasteiger charge is 2.23. The highest BCUT2D eigenvalue weighted by atomic mass is 32.2. The van der Waals surface area contributed by atoms with E-state index in [1.807, 2.05) is 6.92 Å². The van der Waals surface area contributed by atoms with Crippen LogP contribution in [-0.4, -0.2) is 38.7 Å². The van der Waals surface area contributed by atoms with Gasteiger partial charge in [-0.05, 0) is 12.3 Å². The van der Waals surface area contributed by atoms with Gasteiger partial charge in [0.05, 0.1) is 12.8 Å². The second-order valence-electron chi connectivity index (χ2n) is 5.18. The summed E-state index contributed by atoms with van der Waals surface area (Å²) in [6.45, 7) is 12.1. The van der Waals surface area contributed by atoms with Gasteiger partial charge in [0.1, 0.15) is 11.9 Å². The molecule has 0 spiro atoms. The Morgan fingerprint density at radius 2 is 1.88 bits per heavy atom. The van der Waals surface area contributed by atoms with Crippen molar-refractivity contribution < 1.29 is 13.2 Å². The van der Waals surface area contributed by atoms with Crippen molar-refractivity contribution in [3.05, 3.63) is 12.3 Å². The third kappa shape index (κ3) is 5.51. The van der Waals surface area contributed by atoms with E-state index in [2.05, 4.69) is 27.4 Å². The molecule has 1 atom stereocenters. The van der Waals surface area contributed by atoms with Crippen molar-refractivity contribution in [2.24, 2.45) is 5.41 Å². The van der Waals surface area contributed by atoms with Gasteiger partial charge in [0.25, 0.3) is 0 Å². The molecule has 0 saturated carbocycles. The summed E-state index contributed by atoms with van der Waals surface area (Å²) in [6, 6.07) is 0. The average molecular weight is 249 g/mol. The second-order valence-corrected chi connectivity index (χ2v) is 7.27. The molecule has 0 rings (SSSR count). The lowest BCUT2D eigenvalue weighted by molar-refractivity contribution is 0.0371. The summed E-state index contributed by atoms with van der Waals surface area (Å²) in [7, 11) is -1.67. The van der Waals surface area contributed by atoms with Crippen LogP contribution in [0.4, 0.5) is 0 Å². The fourth-order valence-electron chi connectivity index (χ4n) is 0.830. The van der Waals surface area contributed by atoms with Gasteiger partial charge >= 0.3 is 0 Å². The first-order valence-corrected chi connectivity index (χ1v) is 7.05. The Hall–Kier alpha value is -0.550.